The molecule has 2 heterocycles. The molecule has 2 rings (SSSR count). The summed E-state index contributed by atoms with van der Waals surface area (Å²) < 4.78 is 30.0. The Morgan fingerprint density at radius 2 is 2.24 bits per heavy atom. The van der Waals surface area contributed by atoms with Gasteiger partial charge in [0.1, 0.15) is 0 Å². The van der Waals surface area contributed by atoms with Gasteiger partial charge >= 0.3 is 5.97 Å². The van der Waals surface area contributed by atoms with Gasteiger partial charge in [0, 0.05) is 25.8 Å². The molecule has 0 fully saturated rings. The summed E-state index contributed by atoms with van der Waals surface area (Å²) >= 11 is 0. The van der Waals surface area contributed by atoms with Crippen molar-refractivity contribution in [1.29, 1.82) is 0 Å². The van der Waals surface area contributed by atoms with Crippen molar-refractivity contribution in [3.05, 3.63) is 23.9 Å². The minimum atomic E-state index is -4.01. The third-order valence-corrected chi connectivity index (χ3v) is 4.74. The molecule has 1 amide bonds. The number of hydrogen-bond donors (Lipinski definition) is 1. The maximum Gasteiger partial charge on any atom is 0.332 e. The molecule has 8 nitrogen and oxygen atoms in total. The lowest BCUT2D eigenvalue weighted by Gasteiger charge is -2.17. The summed E-state index contributed by atoms with van der Waals surface area (Å²) in [7, 11) is -4.01. The third-order valence-electron chi connectivity index (χ3n) is 3.00. The fourth-order valence-electron chi connectivity index (χ4n) is 2.04. The van der Waals surface area contributed by atoms with Gasteiger partial charge in [-0.05, 0) is 19.1 Å². The van der Waals surface area contributed by atoms with Crippen molar-refractivity contribution in [2.75, 3.05) is 13.2 Å². The largest absolute Gasteiger partial charge is 0.479 e. The summed E-state index contributed by atoms with van der Waals surface area (Å²) in [6.45, 7) is 1.54. The minimum Gasteiger partial charge on any atom is -0.479 e. The maximum atomic E-state index is 12.2. The van der Waals surface area contributed by atoms with Gasteiger partial charge in [-0.25, -0.2) is 14.1 Å². The van der Waals surface area contributed by atoms with Crippen LogP contribution < -0.4 is 0 Å². The highest BCUT2D eigenvalue weighted by molar-refractivity contribution is 7.90. The molecule has 0 bridgehead atoms. The zero-order valence-corrected chi connectivity index (χ0v) is 12.0. The van der Waals surface area contributed by atoms with Crippen LogP contribution in [-0.2, 0) is 19.6 Å². The molecule has 1 aliphatic heterocycles. The zero-order chi connectivity index (χ0) is 15.6. The second kappa shape index (κ2) is 5.78. The van der Waals surface area contributed by atoms with Crippen LogP contribution in [0.25, 0.3) is 0 Å². The predicted octanol–water partition coefficient (Wildman–Crippen LogP) is 0.106. The van der Waals surface area contributed by atoms with Crippen LogP contribution in [0.15, 0.2) is 23.4 Å². The van der Waals surface area contributed by atoms with Crippen molar-refractivity contribution in [2.24, 2.45) is 0 Å². The van der Waals surface area contributed by atoms with E-state index in [1.54, 1.807) is 6.92 Å². The van der Waals surface area contributed by atoms with E-state index in [2.05, 4.69) is 4.98 Å². The number of carbonyl (C=O) groups excluding carboxylic acids is 1. The van der Waals surface area contributed by atoms with Crippen LogP contribution in [0.4, 0.5) is 0 Å². The molecule has 0 aliphatic carbocycles. The molecule has 0 radical (unpaired) electrons. The number of ether oxygens (including phenoxy) is 1. The van der Waals surface area contributed by atoms with E-state index < -0.39 is 28.0 Å². The Hall–Kier alpha value is -2.00. The average Bonchev–Trinajstić information content (AvgIpc) is 2.63. The molecule has 0 spiro atoms. The first kappa shape index (κ1) is 15.4. The Labute approximate surface area is 121 Å². The summed E-state index contributed by atoms with van der Waals surface area (Å²) in [4.78, 5) is 26.7. The van der Waals surface area contributed by atoms with Gasteiger partial charge in [-0.2, -0.15) is 8.42 Å². The molecule has 0 aromatic carbocycles. The average molecular weight is 314 g/mol. The van der Waals surface area contributed by atoms with Gasteiger partial charge in [0.05, 0.1) is 5.56 Å². The summed E-state index contributed by atoms with van der Waals surface area (Å²) in [5.74, 6) is -1.89. The monoisotopic (exact) mass is 314 g/mol. The molecule has 0 saturated heterocycles. The van der Waals surface area contributed by atoms with Crippen LogP contribution in [0, 0.1) is 0 Å². The smallest absolute Gasteiger partial charge is 0.332 e. The van der Waals surface area contributed by atoms with Gasteiger partial charge in [-0.3, -0.25) is 4.79 Å². The molecular weight excluding hydrogens is 300 g/mol. The van der Waals surface area contributed by atoms with Crippen LogP contribution in [0.3, 0.4) is 0 Å². The summed E-state index contributed by atoms with van der Waals surface area (Å²) in [6, 6.07) is 2.84. The van der Waals surface area contributed by atoms with Crippen molar-refractivity contribution in [3.63, 3.8) is 0 Å². The number of hydrogen-bond acceptors (Lipinski definition) is 6. The molecular formula is C12H14N2O6S. The molecule has 1 atom stereocenters. The number of carboxylic acid groups (broad SMARTS) is 1. The second-order valence-electron chi connectivity index (χ2n) is 4.31. The highest BCUT2D eigenvalue weighted by Crippen LogP contribution is 2.28. The van der Waals surface area contributed by atoms with E-state index in [-0.39, 0.29) is 30.2 Å². The van der Waals surface area contributed by atoms with E-state index in [4.69, 9.17) is 9.84 Å². The van der Waals surface area contributed by atoms with E-state index in [9.17, 15) is 18.0 Å². The SMILES string of the molecule is CCOC(CCN1C(=O)c2cccnc2S1(=O)=O)C(=O)O. The molecule has 1 aromatic rings. The Kier molecular flexibility index (Phi) is 4.24. The maximum absolute atomic E-state index is 12.2. The van der Waals surface area contributed by atoms with Gasteiger partial charge in [-0.15, -0.1) is 0 Å². The van der Waals surface area contributed by atoms with Crippen LogP contribution in [0.1, 0.15) is 23.7 Å². The molecule has 1 N–H and O–H groups in total. The molecule has 1 aliphatic rings. The number of amides is 1. The number of aromatic nitrogens is 1. The van der Waals surface area contributed by atoms with Crippen molar-refractivity contribution in [1.82, 2.24) is 9.29 Å². The van der Waals surface area contributed by atoms with Gasteiger partial charge in [0.2, 0.25) is 0 Å². The van der Waals surface area contributed by atoms with Crippen molar-refractivity contribution in [3.8, 4) is 0 Å². The predicted molar refractivity (Wildman–Crippen MR) is 70.1 cm³/mol. The highest BCUT2D eigenvalue weighted by Gasteiger charge is 2.42. The van der Waals surface area contributed by atoms with Gasteiger partial charge in [0.15, 0.2) is 11.1 Å². The number of pyridine rings is 1. The van der Waals surface area contributed by atoms with Crippen LogP contribution in [0.2, 0.25) is 0 Å². The fraction of sp³-hybridized carbons (Fsp3) is 0.417. The van der Waals surface area contributed by atoms with E-state index in [0.29, 0.717) is 4.31 Å². The van der Waals surface area contributed by atoms with Crippen molar-refractivity contribution >= 4 is 21.9 Å². The first-order valence-electron chi connectivity index (χ1n) is 6.26. The van der Waals surface area contributed by atoms with Gasteiger partial charge in [-0.1, -0.05) is 0 Å². The first-order valence-corrected chi connectivity index (χ1v) is 7.70. The van der Waals surface area contributed by atoms with Crippen LogP contribution in [0.5, 0.6) is 0 Å². The van der Waals surface area contributed by atoms with Gasteiger partial charge in [0.25, 0.3) is 15.9 Å². The Morgan fingerprint density at radius 3 is 2.81 bits per heavy atom. The number of aliphatic carboxylic acids is 1. The Morgan fingerprint density at radius 1 is 1.52 bits per heavy atom. The molecule has 21 heavy (non-hydrogen) atoms. The quantitative estimate of drug-likeness (QED) is 0.792. The lowest BCUT2D eigenvalue weighted by molar-refractivity contribution is -0.150. The summed E-state index contributed by atoms with van der Waals surface area (Å²) in [5, 5.41) is 8.66. The van der Waals surface area contributed by atoms with E-state index in [1.807, 2.05) is 0 Å². The number of nitrogens with zero attached hydrogens (tertiary/aromatic N) is 2. The lowest BCUT2D eigenvalue weighted by Crippen LogP contribution is -2.35. The normalized spacial score (nSPS) is 17.6. The van der Waals surface area contributed by atoms with Crippen molar-refractivity contribution in [2.45, 2.75) is 24.5 Å². The summed E-state index contributed by atoms with van der Waals surface area (Å²) in [5.41, 5.74) is 0.000727. The van der Waals surface area contributed by atoms with Crippen LogP contribution in [-0.4, -0.2) is 53.9 Å². The number of rotatable bonds is 6. The molecule has 114 valence electrons. The zero-order valence-electron chi connectivity index (χ0n) is 11.2. The molecule has 1 unspecified atom stereocenters. The molecule has 1 aromatic heterocycles. The molecule has 0 saturated carbocycles. The highest BCUT2D eigenvalue weighted by atomic mass is 32.2. The Balaban J connectivity index is 2.19. The van der Waals surface area contributed by atoms with E-state index >= 15 is 0 Å². The lowest BCUT2D eigenvalue weighted by atomic mass is 10.2. The first-order chi connectivity index (χ1) is 9.89. The standard InChI is InChI=1S/C12H14N2O6S/c1-2-20-9(12(16)17)5-7-14-11(15)8-4-3-6-13-10(8)21(14,18)19/h3-4,6,9H,2,5,7H2,1H3,(H,16,17). The minimum absolute atomic E-state index is 0.000727. The van der Waals surface area contributed by atoms with E-state index in [0.717, 1.165) is 0 Å². The van der Waals surface area contributed by atoms with Crippen molar-refractivity contribution < 1.29 is 27.9 Å². The number of sulfonamides is 1. The molecule has 9 heteroatoms. The topological polar surface area (TPSA) is 114 Å². The van der Waals surface area contributed by atoms with Crippen LogP contribution >= 0.6 is 0 Å². The number of fused-ring (bicyclic) bond motifs is 1. The fourth-order valence-corrected chi connectivity index (χ4v) is 3.54. The Bertz CT molecular complexity index is 672. The second-order valence-corrected chi connectivity index (χ2v) is 6.09. The van der Waals surface area contributed by atoms with Gasteiger partial charge < -0.3 is 9.84 Å². The van der Waals surface area contributed by atoms with E-state index in [1.165, 1.54) is 18.3 Å². The number of carbonyl (C=O) groups is 2. The third kappa shape index (κ3) is 2.74. The number of carboxylic acids is 1. The summed E-state index contributed by atoms with van der Waals surface area (Å²) in [6.07, 6.45) is 0.00453.